The predicted octanol–water partition coefficient (Wildman–Crippen LogP) is 7.72. The predicted molar refractivity (Wildman–Crippen MR) is 160 cm³/mol. The zero-order valence-electron chi connectivity index (χ0n) is 22.6. The zero-order chi connectivity index (χ0) is 28.8. The van der Waals surface area contributed by atoms with E-state index in [9.17, 15) is 14.9 Å². The van der Waals surface area contributed by atoms with Crippen LogP contribution >= 0.6 is 11.8 Å². The molecule has 0 aliphatic rings. The molecule has 39 heavy (non-hydrogen) atoms. The van der Waals surface area contributed by atoms with Gasteiger partial charge in [-0.2, -0.15) is 0 Å². The number of hydrogen-bond acceptors (Lipinski definition) is 6. The quantitative estimate of drug-likeness (QED) is 0.183. The summed E-state index contributed by atoms with van der Waals surface area (Å²) >= 11 is 1.39. The van der Waals surface area contributed by atoms with Crippen LogP contribution in [-0.2, 0) is 11.2 Å². The molecule has 4 rings (SSSR count). The van der Waals surface area contributed by atoms with Gasteiger partial charge in [-0.3, -0.25) is 14.9 Å². The average molecular weight is 544 g/mol. The Morgan fingerprint density at radius 1 is 0.846 bits per heavy atom. The Labute approximate surface area is 233 Å². The normalized spacial score (nSPS) is 9.74. The topological polar surface area (TPSA) is 101 Å². The van der Waals surface area contributed by atoms with Crippen molar-refractivity contribution in [1.29, 1.82) is 0 Å². The van der Waals surface area contributed by atoms with Crippen LogP contribution in [0.4, 0.5) is 17.1 Å². The second-order valence-electron chi connectivity index (χ2n) is 8.40. The van der Waals surface area contributed by atoms with Crippen LogP contribution in [0.3, 0.4) is 0 Å². The van der Waals surface area contributed by atoms with Gasteiger partial charge in [-0.25, -0.2) is 0 Å². The maximum Gasteiger partial charge on any atom is 0.269 e. The van der Waals surface area contributed by atoms with Gasteiger partial charge in [0.15, 0.2) is 0 Å². The number of carbonyl (C=O) groups is 2. The van der Waals surface area contributed by atoms with E-state index in [1.54, 1.807) is 19.2 Å². The maximum atomic E-state index is 13.2. The van der Waals surface area contributed by atoms with E-state index in [-0.39, 0.29) is 11.6 Å². The van der Waals surface area contributed by atoms with Gasteiger partial charge in [-0.1, -0.05) is 78.3 Å². The van der Waals surface area contributed by atoms with E-state index in [4.69, 9.17) is 4.79 Å². The lowest BCUT2D eigenvalue weighted by Gasteiger charge is -2.16. The summed E-state index contributed by atoms with van der Waals surface area (Å²) in [7, 11) is 1.77. The van der Waals surface area contributed by atoms with Crippen molar-refractivity contribution in [3.05, 3.63) is 123 Å². The van der Waals surface area contributed by atoms with Crippen molar-refractivity contribution in [3.63, 3.8) is 0 Å². The first-order chi connectivity index (χ1) is 18.8. The number of hydrogen-bond donors (Lipinski definition) is 2. The van der Waals surface area contributed by atoms with Crippen molar-refractivity contribution < 1.29 is 14.5 Å². The van der Waals surface area contributed by atoms with E-state index in [1.807, 2.05) is 56.2 Å². The molecule has 0 radical (unpaired) electrons. The number of nitro benzene ring substituents is 1. The van der Waals surface area contributed by atoms with E-state index >= 15 is 0 Å². The number of carbonyl (C=O) groups excluding carboxylic acids is 2. The molecular weight excluding hydrogens is 510 g/mol. The van der Waals surface area contributed by atoms with Crippen LogP contribution in [0.1, 0.15) is 34.0 Å². The van der Waals surface area contributed by atoms with Gasteiger partial charge in [-0.05, 0) is 56.2 Å². The highest BCUT2D eigenvalue weighted by molar-refractivity contribution is 7.99. The van der Waals surface area contributed by atoms with Gasteiger partial charge in [0.2, 0.25) is 0 Å². The van der Waals surface area contributed by atoms with Gasteiger partial charge >= 0.3 is 0 Å². The summed E-state index contributed by atoms with van der Waals surface area (Å²) in [4.78, 5) is 33.2. The molecule has 202 valence electrons. The lowest BCUT2D eigenvalue weighted by Crippen LogP contribution is -2.16. The van der Waals surface area contributed by atoms with E-state index in [2.05, 4.69) is 48.7 Å². The minimum atomic E-state index is -0.430. The van der Waals surface area contributed by atoms with Crippen LogP contribution in [0, 0.1) is 24.0 Å². The molecule has 0 aromatic heterocycles. The summed E-state index contributed by atoms with van der Waals surface area (Å²) in [6.07, 6.45) is 0.814. The fraction of sp³-hybridized carbons (Fsp3) is 0.161. The van der Waals surface area contributed by atoms with Crippen LogP contribution < -0.4 is 10.6 Å². The number of benzene rings is 4. The Bertz CT molecular complexity index is 1350. The molecule has 0 aliphatic heterocycles. The van der Waals surface area contributed by atoms with Gasteiger partial charge in [-0.15, -0.1) is 0 Å². The SMILES string of the molecule is C=O.CCc1ccccc1NC(=O)c1c(NC)cccc1Sc1ccc([N+](=O)[O-])cc1.Cc1ccc(C)cc1. The molecule has 4 aromatic carbocycles. The summed E-state index contributed by atoms with van der Waals surface area (Å²) in [6.45, 7) is 8.24. The van der Waals surface area contributed by atoms with Crippen LogP contribution in [-0.4, -0.2) is 24.7 Å². The van der Waals surface area contributed by atoms with Gasteiger partial charge in [0.05, 0.1) is 10.5 Å². The molecule has 0 atom stereocenters. The fourth-order valence-corrected chi connectivity index (χ4v) is 4.57. The summed E-state index contributed by atoms with van der Waals surface area (Å²) in [5, 5.41) is 17.0. The van der Waals surface area contributed by atoms with Crippen LogP contribution in [0.25, 0.3) is 0 Å². The summed E-state index contributed by atoms with van der Waals surface area (Å²) in [5.74, 6) is -0.208. The molecule has 1 amide bonds. The Morgan fingerprint density at radius 2 is 1.41 bits per heavy atom. The van der Waals surface area contributed by atoms with Crippen molar-refractivity contribution in [2.75, 3.05) is 17.7 Å². The monoisotopic (exact) mass is 543 g/mol. The van der Waals surface area contributed by atoms with E-state index in [1.165, 1.54) is 35.0 Å². The number of nitrogens with zero attached hydrogens (tertiary/aromatic N) is 1. The first-order valence-electron chi connectivity index (χ1n) is 12.3. The summed E-state index contributed by atoms with van der Waals surface area (Å²) in [6, 6.07) is 28.1. The molecule has 0 saturated heterocycles. The van der Waals surface area contributed by atoms with Crippen LogP contribution in [0.15, 0.2) is 101 Å². The molecule has 0 aliphatic carbocycles. The largest absolute Gasteiger partial charge is 0.387 e. The summed E-state index contributed by atoms with van der Waals surface area (Å²) in [5.41, 5.74) is 5.79. The zero-order valence-corrected chi connectivity index (χ0v) is 23.4. The number of para-hydroxylation sites is 1. The second-order valence-corrected chi connectivity index (χ2v) is 9.52. The van der Waals surface area contributed by atoms with Crippen molar-refractivity contribution >= 4 is 41.5 Å². The van der Waals surface area contributed by atoms with E-state index < -0.39 is 4.92 Å². The van der Waals surface area contributed by atoms with Crippen LogP contribution in [0.2, 0.25) is 0 Å². The van der Waals surface area contributed by atoms with Crippen molar-refractivity contribution in [2.45, 2.75) is 37.0 Å². The Morgan fingerprint density at radius 3 is 1.95 bits per heavy atom. The molecule has 0 bridgehead atoms. The average Bonchev–Trinajstić information content (AvgIpc) is 2.96. The number of amides is 1. The lowest BCUT2D eigenvalue weighted by atomic mass is 10.1. The number of rotatable bonds is 7. The highest BCUT2D eigenvalue weighted by atomic mass is 32.2. The smallest absolute Gasteiger partial charge is 0.269 e. The molecule has 0 unspecified atom stereocenters. The van der Waals surface area contributed by atoms with Crippen LogP contribution in [0.5, 0.6) is 0 Å². The third-order valence-corrected chi connectivity index (χ3v) is 6.73. The number of non-ortho nitro benzene ring substituents is 1. The minimum absolute atomic E-state index is 0.0347. The molecule has 0 saturated carbocycles. The van der Waals surface area contributed by atoms with Gasteiger partial charge < -0.3 is 15.4 Å². The highest BCUT2D eigenvalue weighted by Gasteiger charge is 2.18. The molecule has 4 aromatic rings. The molecule has 8 heteroatoms. The number of nitrogens with one attached hydrogen (secondary N) is 2. The highest BCUT2D eigenvalue weighted by Crippen LogP contribution is 2.35. The fourth-order valence-electron chi connectivity index (χ4n) is 3.59. The molecule has 0 heterocycles. The minimum Gasteiger partial charge on any atom is -0.387 e. The van der Waals surface area contributed by atoms with Gasteiger partial charge in [0.1, 0.15) is 6.79 Å². The molecule has 0 spiro atoms. The summed E-state index contributed by atoms with van der Waals surface area (Å²) < 4.78 is 0. The number of nitro groups is 1. The first-order valence-corrected chi connectivity index (χ1v) is 13.1. The van der Waals surface area contributed by atoms with Crippen molar-refractivity contribution in [1.82, 2.24) is 0 Å². The molecule has 0 fully saturated rings. The Hall–Kier alpha value is -4.43. The van der Waals surface area contributed by atoms with Crippen molar-refractivity contribution in [3.8, 4) is 0 Å². The Balaban J connectivity index is 0.000000451. The van der Waals surface area contributed by atoms with E-state index in [0.717, 1.165) is 27.5 Å². The molecular formula is C31H33N3O4S. The number of anilines is 2. The maximum absolute atomic E-state index is 13.2. The third-order valence-electron chi connectivity index (χ3n) is 5.66. The second kappa shape index (κ2) is 15.7. The van der Waals surface area contributed by atoms with E-state index in [0.29, 0.717) is 11.3 Å². The molecule has 7 nitrogen and oxygen atoms in total. The molecule has 2 N–H and O–H groups in total. The van der Waals surface area contributed by atoms with Crippen molar-refractivity contribution in [2.24, 2.45) is 0 Å². The van der Waals surface area contributed by atoms with Gasteiger partial charge in [0, 0.05) is 40.3 Å². The first kappa shape index (κ1) is 30.8. The van der Waals surface area contributed by atoms with Gasteiger partial charge in [0.25, 0.3) is 11.6 Å². The standard InChI is InChI=1S/C22H21N3O3S.C8H10.CH2O/c1-3-15-7-4-5-8-18(15)24-22(26)21-19(23-2)9-6-10-20(21)29-17-13-11-16(12-14-17)25(27)28;1-7-3-5-8(2)6-4-7;1-2/h4-14,23H,3H2,1-2H3,(H,24,26);3-6H,1-2H3;1H2. The number of aryl methyl sites for hydroxylation is 3. The lowest BCUT2D eigenvalue weighted by molar-refractivity contribution is -0.384. The third kappa shape index (κ3) is 9.12. The Kier molecular flexibility index (Phi) is 12.4.